The van der Waals surface area contributed by atoms with Crippen molar-refractivity contribution < 1.29 is 0 Å². The van der Waals surface area contributed by atoms with Crippen LogP contribution in [0.1, 0.15) is 0 Å². The van der Waals surface area contributed by atoms with Gasteiger partial charge in [0.2, 0.25) is 13.4 Å². The van der Waals surface area contributed by atoms with E-state index in [1.54, 1.807) is 0 Å². The fraction of sp³-hybridized carbons (Fsp3) is 0.0909. The second kappa shape index (κ2) is 5.01. The minimum absolute atomic E-state index is 0.445. The van der Waals surface area contributed by atoms with Crippen LogP contribution in [0.2, 0.25) is 13.6 Å². The fourth-order valence-corrected chi connectivity index (χ4v) is 4.39. The van der Waals surface area contributed by atoms with E-state index in [1.807, 2.05) is 0 Å². The molecule has 5 rings (SSSR count). The van der Waals surface area contributed by atoms with E-state index in [-0.39, 0.29) is 0 Å². The summed E-state index contributed by atoms with van der Waals surface area (Å²) < 4.78 is 0. The Morgan fingerprint density at radius 3 is 0.958 bits per heavy atom. The van der Waals surface area contributed by atoms with E-state index >= 15 is 0 Å². The summed E-state index contributed by atoms with van der Waals surface area (Å²) in [4.78, 5) is 0. The molecule has 0 spiro atoms. The van der Waals surface area contributed by atoms with Crippen LogP contribution in [0.4, 0.5) is 0 Å². The standard InChI is InChI=1S/C22H18B2/c1-23-19-11-15-7-3-5-9-17(15)13-21(19)24(2)22-14-18-10-6-4-8-16(18)12-20(22)23/h3-14H,1-2H3. The van der Waals surface area contributed by atoms with Crippen molar-refractivity contribution in [2.75, 3.05) is 0 Å². The monoisotopic (exact) mass is 304 g/mol. The first-order valence-corrected chi connectivity index (χ1v) is 8.77. The van der Waals surface area contributed by atoms with Crippen molar-refractivity contribution in [3.63, 3.8) is 0 Å². The van der Waals surface area contributed by atoms with Crippen LogP contribution in [0.15, 0.2) is 72.8 Å². The summed E-state index contributed by atoms with van der Waals surface area (Å²) in [5.41, 5.74) is 5.96. The third-order valence-corrected chi connectivity index (χ3v) is 5.77. The lowest BCUT2D eigenvalue weighted by Crippen LogP contribution is -2.66. The average molecular weight is 304 g/mol. The number of hydrogen-bond acceptors (Lipinski definition) is 0. The van der Waals surface area contributed by atoms with Crippen LogP contribution < -0.4 is 21.9 Å². The van der Waals surface area contributed by atoms with E-state index in [1.165, 1.54) is 43.4 Å². The quantitative estimate of drug-likeness (QED) is 0.438. The molecule has 4 aromatic rings. The van der Waals surface area contributed by atoms with Gasteiger partial charge >= 0.3 is 0 Å². The molecule has 1 aliphatic heterocycles. The summed E-state index contributed by atoms with van der Waals surface area (Å²) in [5.74, 6) is 0. The lowest BCUT2D eigenvalue weighted by Gasteiger charge is -2.29. The third-order valence-electron chi connectivity index (χ3n) is 5.77. The zero-order valence-corrected chi connectivity index (χ0v) is 14.1. The van der Waals surface area contributed by atoms with E-state index < -0.39 is 0 Å². The Morgan fingerprint density at radius 2 is 0.708 bits per heavy atom. The lowest BCUT2D eigenvalue weighted by atomic mass is 9.25. The average Bonchev–Trinajstić information content (AvgIpc) is 2.64. The zero-order valence-electron chi connectivity index (χ0n) is 14.1. The van der Waals surface area contributed by atoms with Crippen LogP contribution in [-0.4, -0.2) is 13.4 Å². The summed E-state index contributed by atoms with van der Waals surface area (Å²) >= 11 is 0. The van der Waals surface area contributed by atoms with Crippen LogP contribution in [0.25, 0.3) is 21.5 Å². The molecule has 0 fully saturated rings. The molecule has 1 aliphatic rings. The lowest BCUT2D eigenvalue weighted by molar-refractivity contribution is 1.75. The van der Waals surface area contributed by atoms with Gasteiger partial charge in [0, 0.05) is 0 Å². The van der Waals surface area contributed by atoms with Gasteiger partial charge in [0.25, 0.3) is 0 Å². The maximum atomic E-state index is 2.41. The van der Waals surface area contributed by atoms with Gasteiger partial charge in [0.1, 0.15) is 0 Å². The molecule has 1 heterocycles. The van der Waals surface area contributed by atoms with Gasteiger partial charge in [0.15, 0.2) is 0 Å². The largest absolute Gasteiger partial charge is 0.204 e. The molecule has 0 aliphatic carbocycles. The first kappa shape index (κ1) is 13.9. The van der Waals surface area contributed by atoms with Crippen molar-refractivity contribution in [2.45, 2.75) is 13.6 Å². The summed E-state index contributed by atoms with van der Waals surface area (Å²) in [6, 6.07) is 27.1. The van der Waals surface area contributed by atoms with Gasteiger partial charge in [0.05, 0.1) is 0 Å². The third kappa shape index (κ3) is 1.89. The molecule has 2 heteroatoms. The van der Waals surface area contributed by atoms with Crippen molar-refractivity contribution in [3.8, 4) is 0 Å². The number of rotatable bonds is 0. The van der Waals surface area contributed by atoms with Crippen LogP contribution >= 0.6 is 0 Å². The Kier molecular flexibility index (Phi) is 2.91. The van der Waals surface area contributed by atoms with Crippen molar-refractivity contribution in [1.29, 1.82) is 0 Å². The van der Waals surface area contributed by atoms with Gasteiger partial charge in [-0.15, -0.1) is 0 Å². The highest BCUT2D eigenvalue weighted by Gasteiger charge is 2.31. The maximum Gasteiger partial charge on any atom is 0.204 e. The van der Waals surface area contributed by atoms with Crippen molar-refractivity contribution in [1.82, 2.24) is 0 Å². The molecular weight excluding hydrogens is 286 g/mol. The Labute approximate surface area is 143 Å². The predicted molar refractivity (Wildman–Crippen MR) is 110 cm³/mol. The van der Waals surface area contributed by atoms with Gasteiger partial charge in [-0.1, -0.05) is 108 Å². The Balaban J connectivity index is 1.81. The molecule has 0 bridgehead atoms. The fourth-order valence-electron chi connectivity index (χ4n) is 4.39. The van der Waals surface area contributed by atoms with Crippen molar-refractivity contribution >= 4 is 56.8 Å². The van der Waals surface area contributed by atoms with E-state index in [4.69, 9.17) is 0 Å². The summed E-state index contributed by atoms with van der Waals surface area (Å²) in [6.45, 7) is 5.60. The van der Waals surface area contributed by atoms with E-state index in [0.29, 0.717) is 13.4 Å². The maximum absolute atomic E-state index is 2.41. The SMILES string of the molecule is CB1c2cc3ccccc3cc2B(C)c2cc3ccccc3cc21. The molecule has 112 valence electrons. The van der Waals surface area contributed by atoms with Gasteiger partial charge < -0.3 is 0 Å². The second-order valence-electron chi connectivity index (χ2n) is 7.10. The molecular formula is C22H18B2. The van der Waals surface area contributed by atoms with E-state index in [0.717, 1.165) is 0 Å². The topological polar surface area (TPSA) is 0 Å². The molecule has 4 aromatic carbocycles. The van der Waals surface area contributed by atoms with E-state index in [2.05, 4.69) is 86.4 Å². The van der Waals surface area contributed by atoms with Gasteiger partial charge in [-0.3, -0.25) is 0 Å². The molecule has 0 unspecified atom stereocenters. The molecule has 0 radical (unpaired) electrons. The normalized spacial score (nSPS) is 13.2. The minimum atomic E-state index is 0.445. The molecule has 0 saturated carbocycles. The van der Waals surface area contributed by atoms with E-state index in [9.17, 15) is 0 Å². The van der Waals surface area contributed by atoms with Crippen molar-refractivity contribution in [3.05, 3.63) is 72.8 Å². The van der Waals surface area contributed by atoms with Gasteiger partial charge in [-0.05, 0) is 21.5 Å². The first-order chi connectivity index (χ1) is 11.7. The zero-order chi connectivity index (χ0) is 16.3. The number of benzene rings is 4. The van der Waals surface area contributed by atoms with Crippen LogP contribution in [0.5, 0.6) is 0 Å². The molecule has 24 heavy (non-hydrogen) atoms. The molecule has 0 nitrogen and oxygen atoms in total. The molecule has 0 atom stereocenters. The summed E-state index contributed by atoms with van der Waals surface area (Å²) in [5, 5.41) is 5.39. The Bertz CT molecular complexity index is 923. The number of fused-ring (bicyclic) bond motifs is 4. The summed E-state index contributed by atoms with van der Waals surface area (Å²) in [7, 11) is 0. The summed E-state index contributed by atoms with van der Waals surface area (Å²) in [6.07, 6.45) is 0. The molecule has 0 amide bonds. The highest BCUT2D eigenvalue weighted by atomic mass is 14.1. The second-order valence-corrected chi connectivity index (χ2v) is 7.10. The van der Waals surface area contributed by atoms with Crippen molar-refractivity contribution in [2.24, 2.45) is 0 Å². The minimum Gasteiger partial charge on any atom is -0.0788 e. The molecule has 0 saturated heterocycles. The predicted octanol–water partition coefficient (Wildman–Crippen LogP) is 2.78. The number of hydrogen-bond donors (Lipinski definition) is 0. The van der Waals surface area contributed by atoms with Gasteiger partial charge in [-0.2, -0.15) is 0 Å². The highest BCUT2D eigenvalue weighted by Crippen LogP contribution is 2.16. The Hall–Kier alpha value is -2.47. The Morgan fingerprint density at radius 1 is 0.458 bits per heavy atom. The highest BCUT2D eigenvalue weighted by molar-refractivity contribution is 7.02. The molecule has 0 aromatic heterocycles. The molecule has 0 N–H and O–H groups in total. The van der Waals surface area contributed by atoms with Crippen LogP contribution in [-0.2, 0) is 0 Å². The van der Waals surface area contributed by atoms with Crippen LogP contribution in [0.3, 0.4) is 0 Å². The first-order valence-electron chi connectivity index (χ1n) is 8.77. The smallest absolute Gasteiger partial charge is 0.0788 e. The van der Waals surface area contributed by atoms with Crippen LogP contribution in [0, 0.1) is 0 Å². The van der Waals surface area contributed by atoms with Gasteiger partial charge in [-0.25, -0.2) is 0 Å².